The fourth-order valence-corrected chi connectivity index (χ4v) is 2.39. The number of hydrogen-bond donors (Lipinski definition) is 1. The van der Waals surface area contributed by atoms with Crippen molar-refractivity contribution >= 4 is 38.5 Å². The van der Waals surface area contributed by atoms with E-state index in [9.17, 15) is 4.39 Å². The van der Waals surface area contributed by atoms with Gasteiger partial charge in [-0.15, -0.1) is 0 Å². The summed E-state index contributed by atoms with van der Waals surface area (Å²) in [6.45, 7) is 1.26. The zero-order chi connectivity index (χ0) is 13.0. The lowest BCUT2D eigenvalue weighted by Crippen LogP contribution is -2.13. The van der Waals surface area contributed by atoms with Gasteiger partial charge in [0, 0.05) is 26.7 Å². The summed E-state index contributed by atoms with van der Waals surface area (Å²) >= 11 is 5.62. The second-order valence-electron chi connectivity index (χ2n) is 3.97. The predicted octanol–water partition coefficient (Wildman–Crippen LogP) is 4.48. The van der Waals surface area contributed by atoms with E-state index in [1.807, 2.05) is 0 Å². The van der Waals surface area contributed by atoms with Crippen LogP contribution in [0.5, 0.6) is 0 Å². The van der Waals surface area contributed by atoms with Crippen LogP contribution in [0, 0.1) is 9.39 Å². The zero-order valence-electron chi connectivity index (χ0n) is 9.59. The first-order valence-electron chi connectivity index (χ1n) is 5.54. The molecule has 0 aromatic heterocycles. The second kappa shape index (κ2) is 6.63. The van der Waals surface area contributed by atoms with Crippen molar-refractivity contribution in [2.24, 2.45) is 0 Å². The molecule has 94 valence electrons. The third-order valence-corrected chi connectivity index (χ3v) is 3.78. The molecule has 0 atom stereocenters. The summed E-state index contributed by atoms with van der Waals surface area (Å²) in [4.78, 5) is 0. The van der Waals surface area contributed by atoms with Gasteiger partial charge in [-0.05, 0) is 58.5 Å². The molecule has 0 saturated carbocycles. The molecular formula is C14H12BrFIN. The Hall–Kier alpha value is -0.460. The van der Waals surface area contributed by atoms with Crippen molar-refractivity contribution in [1.82, 2.24) is 5.32 Å². The predicted molar refractivity (Wildman–Crippen MR) is 83.8 cm³/mol. The molecular weight excluding hydrogens is 408 g/mol. The Bertz CT molecular complexity index is 528. The van der Waals surface area contributed by atoms with Crippen molar-refractivity contribution in [2.75, 3.05) is 0 Å². The van der Waals surface area contributed by atoms with Gasteiger partial charge in [-0.2, -0.15) is 0 Å². The van der Waals surface area contributed by atoms with Gasteiger partial charge < -0.3 is 5.32 Å². The summed E-state index contributed by atoms with van der Waals surface area (Å²) in [7, 11) is 0. The molecule has 0 bridgehead atoms. The van der Waals surface area contributed by atoms with Crippen LogP contribution < -0.4 is 5.32 Å². The third-order valence-electron chi connectivity index (χ3n) is 2.57. The molecule has 0 fully saturated rings. The lowest BCUT2D eigenvalue weighted by molar-refractivity contribution is 0.587. The summed E-state index contributed by atoms with van der Waals surface area (Å²) in [6.07, 6.45) is 0. The maximum atomic E-state index is 13.5. The fourth-order valence-electron chi connectivity index (χ4n) is 1.62. The van der Waals surface area contributed by atoms with Crippen molar-refractivity contribution in [3.63, 3.8) is 0 Å². The zero-order valence-corrected chi connectivity index (χ0v) is 13.3. The highest BCUT2D eigenvalue weighted by Crippen LogP contribution is 2.15. The largest absolute Gasteiger partial charge is 0.309 e. The quantitative estimate of drug-likeness (QED) is 0.720. The molecule has 0 aliphatic heterocycles. The Morgan fingerprint density at radius 2 is 1.78 bits per heavy atom. The summed E-state index contributed by atoms with van der Waals surface area (Å²) in [5, 5.41) is 3.24. The van der Waals surface area contributed by atoms with Gasteiger partial charge in [-0.3, -0.25) is 0 Å². The Morgan fingerprint density at radius 3 is 2.50 bits per heavy atom. The number of rotatable bonds is 4. The number of benzene rings is 2. The topological polar surface area (TPSA) is 12.0 Å². The summed E-state index contributed by atoms with van der Waals surface area (Å²) in [5.74, 6) is -0.173. The van der Waals surface area contributed by atoms with Gasteiger partial charge in [0.15, 0.2) is 0 Å². The smallest absolute Gasteiger partial charge is 0.127 e. The molecule has 0 amide bonds. The molecule has 18 heavy (non-hydrogen) atoms. The normalized spacial score (nSPS) is 10.6. The first-order chi connectivity index (χ1) is 8.65. The fraction of sp³-hybridized carbons (Fsp3) is 0.143. The van der Waals surface area contributed by atoms with Gasteiger partial charge >= 0.3 is 0 Å². The Morgan fingerprint density at radius 1 is 1.06 bits per heavy atom. The average molecular weight is 420 g/mol. The van der Waals surface area contributed by atoms with E-state index in [0.29, 0.717) is 12.1 Å². The van der Waals surface area contributed by atoms with E-state index in [2.05, 4.69) is 68.1 Å². The van der Waals surface area contributed by atoms with Gasteiger partial charge in [0.2, 0.25) is 0 Å². The van der Waals surface area contributed by atoms with Crippen LogP contribution in [-0.4, -0.2) is 0 Å². The Labute approximate surface area is 128 Å². The monoisotopic (exact) mass is 419 g/mol. The van der Waals surface area contributed by atoms with Crippen molar-refractivity contribution < 1.29 is 4.39 Å². The van der Waals surface area contributed by atoms with E-state index in [0.717, 1.165) is 11.0 Å². The summed E-state index contributed by atoms with van der Waals surface area (Å²) in [5.41, 5.74) is 1.88. The molecule has 0 aliphatic carbocycles. The van der Waals surface area contributed by atoms with Crippen molar-refractivity contribution in [2.45, 2.75) is 13.1 Å². The lowest BCUT2D eigenvalue weighted by atomic mass is 10.2. The van der Waals surface area contributed by atoms with Gasteiger partial charge in [0.05, 0.1) is 0 Å². The maximum absolute atomic E-state index is 13.5. The molecule has 0 heterocycles. The van der Waals surface area contributed by atoms with Crippen LogP contribution in [0.15, 0.2) is 46.9 Å². The van der Waals surface area contributed by atoms with E-state index >= 15 is 0 Å². The van der Waals surface area contributed by atoms with Gasteiger partial charge in [0.1, 0.15) is 5.82 Å². The minimum absolute atomic E-state index is 0.173. The van der Waals surface area contributed by atoms with Gasteiger partial charge in [0.25, 0.3) is 0 Å². The van der Waals surface area contributed by atoms with Gasteiger partial charge in [-0.1, -0.05) is 28.1 Å². The molecule has 0 saturated heterocycles. The van der Waals surface area contributed by atoms with E-state index in [1.165, 1.54) is 15.2 Å². The number of halogens is 3. The first kappa shape index (κ1) is 14.0. The SMILES string of the molecule is Fc1ccc(Br)cc1CNCc1ccc(I)cc1. The molecule has 2 rings (SSSR count). The van der Waals surface area contributed by atoms with Crippen LogP contribution in [-0.2, 0) is 13.1 Å². The van der Waals surface area contributed by atoms with E-state index < -0.39 is 0 Å². The molecule has 0 aliphatic rings. The van der Waals surface area contributed by atoms with Crippen LogP contribution in [0.25, 0.3) is 0 Å². The molecule has 1 nitrogen and oxygen atoms in total. The summed E-state index contributed by atoms with van der Waals surface area (Å²) in [6, 6.07) is 13.3. The number of hydrogen-bond acceptors (Lipinski definition) is 1. The van der Waals surface area contributed by atoms with Crippen molar-refractivity contribution in [1.29, 1.82) is 0 Å². The van der Waals surface area contributed by atoms with Crippen LogP contribution in [0.4, 0.5) is 4.39 Å². The minimum atomic E-state index is -0.173. The maximum Gasteiger partial charge on any atom is 0.127 e. The standard InChI is InChI=1S/C14H12BrFIN/c15-12-3-6-14(16)11(7-12)9-18-8-10-1-4-13(17)5-2-10/h1-7,18H,8-9H2. The van der Waals surface area contributed by atoms with Crippen LogP contribution in [0.2, 0.25) is 0 Å². The van der Waals surface area contributed by atoms with Crippen LogP contribution in [0.1, 0.15) is 11.1 Å². The van der Waals surface area contributed by atoms with Crippen molar-refractivity contribution in [3.8, 4) is 0 Å². The third kappa shape index (κ3) is 4.03. The summed E-state index contributed by atoms with van der Waals surface area (Å²) < 4.78 is 15.6. The van der Waals surface area contributed by atoms with Gasteiger partial charge in [-0.25, -0.2) is 4.39 Å². The molecule has 2 aromatic rings. The van der Waals surface area contributed by atoms with E-state index in [4.69, 9.17) is 0 Å². The van der Waals surface area contributed by atoms with E-state index in [-0.39, 0.29) is 5.82 Å². The molecule has 2 aromatic carbocycles. The van der Waals surface area contributed by atoms with Crippen molar-refractivity contribution in [3.05, 3.63) is 67.5 Å². The Kier molecular flexibility index (Phi) is 5.14. The lowest BCUT2D eigenvalue weighted by Gasteiger charge is -2.07. The highest BCUT2D eigenvalue weighted by Gasteiger charge is 2.02. The Balaban J connectivity index is 1.92. The minimum Gasteiger partial charge on any atom is -0.309 e. The second-order valence-corrected chi connectivity index (χ2v) is 6.13. The highest BCUT2D eigenvalue weighted by molar-refractivity contribution is 14.1. The van der Waals surface area contributed by atoms with Crippen LogP contribution in [0.3, 0.4) is 0 Å². The number of nitrogens with one attached hydrogen (secondary N) is 1. The molecule has 4 heteroatoms. The molecule has 0 radical (unpaired) electrons. The average Bonchev–Trinajstić information content (AvgIpc) is 2.36. The van der Waals surface area contributed by atoms with Crippen LogP contribution >= 0.6 is 38.5 Å². The molecule has 0 unspecified atom stereocenters. The van der Waals surface area contributed by atoms with E-state index in [1.54, 1.807) is 12.1 Å². The molecule has 1 N–H and O–H groups in total. The highest BCUT2D eigenvalue weighted by atomic mass is 127. The first-order valence-corrected chi connectivity index (χ1v) is 7.41. The molecule has 0 spiro atoms.